The number of nitrogens with zero attached hydrogens (tertiary/aromatic N) is 3. The average Bonchev–Trinajstić information content (AvgIpc) is 2.75. The van der Waals surface area contributed by atoms with E-state index in [1.165, 1.54) is 39.9 Å². The van der Waals surface area contributed by atoms with Gasteiger partial charge in [-0.3, -0.25) is 14.5 Å². The van der Waals surface area contributed by atoms with Gasteiger partial charge in [0.05, 0.1) is 18.8 Å². The molecule has 0 spiro atoms. The fourth-order valence-electron chi connectivity index (χ4n) is 3.12. The molecule has 3 rings (SSSR count). The van der Waals surface area contributed by atoms with E-state index in [4.69, 9.17) is 4.74 Å². The first-order valence-corrected chi connectivity index (χ1v) is 11.0. The third-order valence-electron chi connectivity index (χ3n) is 4.88. The summed E-state index contributed by atoms with van der Waals surface area (Å²) in [7, 11) is 2.18. The molecule has 172 valence electrons. The van der Waals surface area contributed by atoms with Crippen molar-refractivity contribution in [1.29, 1.82) is 0 Å². The Morgan fingerprint density at radius 2 is 1.94 bits per heavy atom. The molecule has 0 aliphatic carbocycles. The molecule has 3 amide bonds. The van der Waals surface area contributed by atoms with Crippen molar-refractivity contribution in [2.45, 2.75) is 13.1 Å². The third-order valence-corrected chi connectivity index (χ3v) is 5.90. The summed E-state index contributed by atoms with van der Waals surface area (Å²) in [6.45, 7) is 0.0334. The van der Waals surface area contributed by atoms with Gasteiger partial charge in [0.1, 0.15) is 5.75 Å². The van der Waals surface area contributed by atoms with Crippen LogP contribution in [0.15, 0.2) is 36.4 Å². The van der Waals surface area contributed by atoms with Gasteiger partial charge < -0.3 is 9.64 Å². The number of fused-ring (bicyclic) bond motifs is 1. The number of nitrogens with one attached hydrogen (secondary N) is 2. The zero-order valence-electron chi connectivity index (χ0n) is 18.0. The van der Waals surface area contributed by atoms with E-state index in [2.05, 4.69) is 4.72 Å². The molecule has 1 heterocycles. The van der Waals surface area contributed by atoms with Crippen molar-refractivity contribution < 1.29 is 27.1 Å². The van der Waals surface area contributed by atoms with Crippen molar-refractivity contribution in [1.82, 2.24) is 14.5 Å². The quantitative estimate of drug-likeness (QED) is 0.680. The highest BCUT2D eigenvalue weighted by atomic mass is 32.2. The average molecular weight is 466 g/mol. The first kappa shape index (κ1) is 23.3. The summed E-state index contributed by atoms with van der Waals surface area (Å²) < 4.78 is 47.7. The molecule has 0 unspecified atom stereocenters. The molecule has 0 radical (unpaired) electrons. The Morgan fingerprint density at radius 1 is 1.22 bits per heavy atom. The molecule has 0 bridgehead atoms. The van der Waals surface area contributed by atoms with E-state index in [-0.39, 0.29) is 30.4 Å². The Bertz CT molecular complexity index is 1160. The molecule has 0 saturated carbocycles. The maximum Gasteiger partial charge on any atom is 0.415 e. The molecule has 10 nitrogen and oxygen atoms in total. The van der Waals surface area contributed by atoms with Gasteiger partial charge in [0.15, 0.2) is 5.82 Å². The predicted molar refractivity (Wildman–Crippen MR) is 117 cm³/mol. The fraction of sp³-hybridized carbons (Fsp3) is 0.300. The highest BCUT2D eigenvalue weighted by molar-refractivity contribution is 7.90. The number of halogens is 1. The summed E-state index contributed by atoms with van der Waals surface area (Å²) in [6.07, 6.45) is -0.683. The van der Waals surface area contributed by atoms with Gasteiger partial charge in [-0.25, -0.2) is 18.7 Å². The second-order valence-corrected chi connectivity index (χ2v) is 8.96. The molecule has 12 heteroatoms. The molecule has 2 aromatic rings. The minimum atomic E-state index is -3.89. The van der Waals surface area contributed by atoms with Gasteiger partial charge in [-0.2, -0.15) is 8.42 Å². The van der Waals surface area contributed by atoms with Crippen molar-refractivity contribution in [3.05, 3.63) is 53.3 Å². The van der Waals surface area contributed by atoms with Gasteiger partial charge in [-0.1, -0.05) is 18.2 Å². The summed E-state index contributed by atoms with van der Waals surface area (Å²) in [6, 6.07) is 9.05. The van der Waals surface area contributed by atoms with Crippen LogP contribution in [0.4, 0.5) is 25.4 Å². The lowest BCUT2D eigenvalue weighted by molar-refractivity contribution is 0.134. The largest absolute Gasteiger partial charge is 0.415 e. The molecule has 0 saturated heterocycles. The Balaban J connectivity index is 1.80. The van der Waals surface area contributed by atoms with Crippen LogP contribution < -0.4 is 19.1 Å². The van der Waals surface area contributed by atoms with Crippen molar-refractivity contribution in [3.63, 3.8) is 0 Å². The van der Waals surface area contributed by atoms with Gasteiger partial charge in [0, 0.05) is 51.1 Å². The second-order valence-electron chi connectivity index (χ2n) is 7.34. The van der Waals surface area contributed by atoms with E-state index in [0.29, 0.717) is 17.0 Å². The zero-order chi connectivity index (χ0) is 23.6. The first-order chi connectivity index (χ1) is 15.0. The molecule has 2 N–H and O–H groups in total. The highest BCUT2D eigenvalue weighted by Gasteiger charge is 2.27. The Labute approximate surface area is 185 Å². The number of carbonyl (C=O) groups is 2. The fourth-order valence-corrected chi connectivity index (χ4v) is 3.67. The van der Waals surface area contributed by atoms with Crippen LogP contribution in [0.25, 0.3) is 0 Å². The summed E-state index contributed by atoms with van der Waals surface area (Å²) in [5.41, 5.74) is 1.13. The molecular formula is C20H24FN5O5S. The number of hydrogen-bond acceptors (Lipinski definition) is 5. The minimum Gasteiger partial charge on any atom is -0.410 e. The number of amides is 3. The van der Waals surface area contributed by atoms with E-state index < -0.39 is 22.1 Å². The van der Waals surface area contributed by atoms with Gasteiger partial charge in [-0.15, -0.1) is 0 Å². The van der Waals surface area contributed by atoms with Crippen LogP contribution in [0, 0.1) is 5.82 Å². The number of benzene rings is 2. The van der Waals surface area contributed by atoms with Crippen LogP contribution in [0.3, 0.4) is 0 Å². The molecule has 0 fully saturated rings. The van der Waals surface area contributed by atoms with Crippen LogP contribution in [0.2, 0.25) is 0 Å². The van der Waals surface area contributed by atoms with Crippen LogP contribution >= 0.6 is 0 Å². The summed E-state index contributed by atoms with van der Waals surface area (Å²) in [4.78, 5) is 28.8. The van der Waals surface area contributed by atoms with E-state index in [1.54, 1.807) is 39.3 Å². The minimum absolute atomic E-state index is 0.120. The second kappa shape index (κ2) is 9.01. The lowest BCUT2D eigenvalue weighted by Crippen LogP contribution is -2.38. The lowest BCUT2D eigenvalue weighted by atomic mass is 10.1. The van der Waals surface area contributed by atoms with E-state index >= 15 is 0 Å². The maximum atomic E-state index is 14.8. The standard InChI is InChI=1S/C20H24FN5O5S/c1-22-32(29,30)23-16-7-5-6-14(18(16)21)12-26-11-13-8-9-15(10-17(13)31-20(26)28)25(4)19(27)24(2)3/h5-10,22-23H,11-12H2,1-4H3. The summed E-state index contributed by atoms with van der Waals surface area (Å²) in [5, 5.41) is 0. The Hall–Kier alpha value is -3.38. The molecule has 0 atom stereocenters. The predicted octanol–water partition coefficient (Wildman–Crippen LogP) is 2.33. The number of urea groups is 1. The Morgan fingerprint density at radius 3 is 2.59 bits per heavy atom. The van der Waals surface area contributed by atoms with Gasteiger partial charge in [0.2, 0.25) is 0 Å². The highest BCUT2D eigenvalue weighted by Crippen LogP contribution is 2.32. The number of anilines is 2. The first-order valence-electron chi connectivity index (χ1n) is 9.55. The van der Waals surface area contributed by atoms with Gasteiger partial charge in [0.25, 0.3) is 10.2 Å². The number of rotatable bonds is 6. The normalized spacial score (nSPS) is 13.3. The van der Waals surface area contributed by atoms with E-state index in [1.807, 2.05) is 4.72 Å². The van der Waals surface area contributed by atoms with Crippen molar-refractivity contribution in [2.75, 3.05) is 37.8 Å². The molecule has 32 heavy (non-hydrogen) atoms. The third kappa shape index (κ3) is 4.92. The SMILES string of the molecule is CNS(=O)(=O)Nc1cccc(CN2Cc3ccc(N(C)C(=O)N(C)C)cc3OC2=O)c1F. The van der Waals surface area contributed by atoms with Crippen molar-refractivity contribution in [3.8, 4) is 5.75 Å². The van der Waals surface area contributed by atoms with Crippen LogP contribution in [-0.4, -0.2) is 58.5 Å². The molecule has 1 aliphatic heterocycles. The lowest BCUT2D eigenvalue weighted by Gasteiger charge is -2.29. The maximum absolute atomic E-state index is 14.8. The summed E-state index contributed by atoms with van der Waals surface area (Å²) in [5.74, 6) is -0.470. The molecule has 1 aliphatic rings. The Kier molecular flexibility index (Phi) is 6.55. The monoisotopic (exact) mass is 465 g/mol. The number of carbonyl (C=O) groups excluding carboxylic acids is 2. The number of ether oxygens (including phenoxy) is 1. The number of hydrogen-bond donors (Lipinski definition) is 2. The van der Waals surface area contributed by atoms with Crippen LogP contribution in [0.1, 0.15) is 11.1 Å². The smallest absolute Gasteiger partial charge is 0.410 e. The van der Waals surface area contributed by atoms with Gasteiger partial charge in [-0.05, 0) is 12.1 Å². The van der Waals surface area contributed by atoms with E-state index in [9.17, 15) is 22.4 Å². The van der Waals surface area contributed by atoms with Crippen LogP contribution in [0.5, 0.6) is 5.75 Å². The zero-order valence-corrected chi connectivity index (χ0v) is 18.9. The molecular weight excluding hydrogens is 441 g/mol. The molecule has 0 aromatic heterocycles. The topological polar surface area (TPSA) is 111 Å². The van der Waals surface area contributed by atoms with E-state index in [0.717, 1.165) is 0 Å². The van der Waals surface area contributed by atoms with Crippen LogP contribution in [-0.2, 0) is 23.3 Å². The summed E-state index contributed by atoms with van der Waals surface area (Å²) >= 11 is 0. The van der Waals surface area contributed by atoms with Crippen molar-refractivity contribution in [2.24, 2.45) is 0 Å². The van der Waals surface area contributed by atoms with Gasteiger partial charge >= 0.3 is 12.1 Å². The molecule has 2 aromatic carbocycles. The van der Waals surface area contributed by atoms with Crippen molar-refractivity contribution >= 4 is 33.7 Å².